The monoisotopic (exact) mass is 619 g/mol. The van der Waals surface area contributed by atoms with Crippen molar-refractivity contribution in [3.63, 3.8) is 0 Å². The van der Waals surface area contributed by atoms with Gasteiger partial charge in [-0.05, 0) is 67.4 Å². The number of halogens is 3. The number of rotatable bonds is 9. The number of carbonyl (C=O) groups excluding carboxylic acids is 3. The van der Waals surface area contributed by atoms with Crippen LogP contribution in [0.4, 0.5) is 40.8 Å². The molecule has 1 aliphatic heterocycles. The van der Waals surface area contributed by atoms with Crippen molar-refractivity contribution in [2.75, 3.05) is 15.5 Å². The molecule has 0 radical (unpaired) electrons. The molecule has 1 atom stereocenters. The number of urea groups is 1. The molecule has 232 valence electrons. The molecule has 4 N–H and O–H groups in total. The highest BCUT2D eigenvalue weighted by molar-refractivity contribution is 6.16. The van der Waals surface area contributed by atoms with Gasteiger partial charge in [-0.25, -0.2) is 9.78 Å². The summed E-state index contributed by atoms with van der Waals surface area (Å²) in [7, 11) is 0. The lowest BCUT2D eigenvalue weighted by molar-refractivity contribution is -0.274. The smallest absolute Gasteiger partial charge is 0.404 e. The molecule has 0 bridgehead atoms. The first-order valence-corrected chi connectivity index (χ1v) is 13.6. The van der Waals surface area contributed by atoms with Crippen LogP contribution in [0.15, 0.2) is 91.4 Å². The number of anilines is 4. The Hall–Kier alpha value is -5.50. The first-order valence-electron chi connectivity index (χ1n) is 13.6. The van der Waals surface area contributed by atoms with Crippen LogP contribution in [0.5, 0.6) is 5.75 Å². The van der Waals surface area contributed by atoms with Gasteiger partial charge in [0.15, 0.2) is 5.75 Å². The fourth-order valence-corrected chi connectivity index (χ4v) is 4.84. The molecule has 2 aromatic heterocycles. The summed E-state index contributed by atoms with van der Waals surface area (Å²) in [5, 5.41) is 5.48. The van der Waals surface area contributed by atoms with Crippen molar-refractivity contribution in [3.8, 4) is 5.75 Å². The maximum Gasteiger partial charge on any atom is 0.573 e. The predicted molar refractivity (Wildman–Crippen MR) is 159 cm³/mol. The van der Waals surface area contributed by atoms with Crippen LogP contribution >= 0.6 is 0 Å². The van der Waals surface area contributed by atoms with Gasteiger partial charge in [0, 0.05) is 18.1 Å². The highest BCUT2D eigenvalue weighted by atomic mass is 19.4. The Labute approximate surface area is 255 Å². The van der Waals surface area contributed by atoms with E-state index in [0.29, 0.717) is 22.6 Å². The molecular formula is C31H28F3N7O4. The Morgan fingerprint density at radius 2 is 1.78 bits per heavy atom. The normalized spacial score (nSPS) is 15.2. The number of nitrogens with one attached hydrogen (secondary N) is 2. The first-order chi connectivity index (χ1) is 21.3. The number of aromatic nitrogens is 2. The number of ether oxygens (including phenoxy) is 1. The van der Waals surface area contributed by atoms with Gasteiger partial charge in [-0.2, -0.15) is 0 Å². The summed E-state index contributed by atoms with van der Waals surface area (Å²) in [6.07, 6.45) is -0.316. The minimum absolute atomic E-state index is 0.0487. The summed E-state index contributed by atoms with van der Waals surface area (Å²) in [6.45, 7) is 2.92. The number of imide groups is 1. The van der Waals surface area contributed by atoms with Gasteiger partial charge >= 0.3 is 12.4 Å². The van der Waals surface area contributed by atoms with Crippen LogP contribution < -0.4 is 26.0 Å². The van der Waals surface area contributed by atoms with Crippen molar-refractivity contribution in [2.45, 2.75) is 38.3 Å². The van der Waals surface area contributed by atoms with Gasteiger partial charge in [-0.1, -0.05) is 30.3 Å². The topological polar surface area (TPSA) is 143 Å². The average molecular weight is 620 g/mol. The SMILES string of the molecule is CC1(C)C(=O)N(Cc2ccnc(Nc3cccnc3)c2)C(=O)N1c1ccc(OC(F)(F)F)c(NC(=O)[C@H](N)c2ccccc2)c1. The number of nitrogens with zero attached hydrogens (tertiary/aromatic N) is 4. The molecule has 3 heterocycles. The summed E-state index contributed by atoms with van der Waals surface area (Å²) < 4.78 is 43.9. The largest absolute Gasteiger partial charge is 0.573 e. The maximum atomic E-state index is 13.7. The van der Waals surface area contributed by atoms with Crippen LogP contribution in [0.1, 0.15) is 31.0 Å². The van der Waals surface area contributed by atoms with Gasteiger partial charge in [0.1, 0.15) is 17.4 Å². The Morgan fingerprint density at radius 1 is 1.02 bits per heavy atom. The van der Waals surface area contributed by atoms with Crippen molar-refractivity contribution in [1.82, 2.24) is 14.9 Å². The number of hydrogen-bond donors (Lipinski definition) is 3. The molecule has 0 aliphatic carbocycles. The number of alkyl halides is 3. The van der Waals surface area contributed by atoms with Gasteiger partial charge < -0.3 is 21.1 Å². The zero-order chi connectivity index (χ0) is 32.4. The number of amides is 4. The number of nitrogens with two attached hydrogens (primary N) is 1. The second kappa shape index (κ2) is 12.2. The molecule has 1 saturated heterocycles. The number of hydrogen-bond acceptors (Lipinski definition) is 8. The standard InChI is InChI=1S/C31H28F3N7O4/c1-30(2)28(43)40(18-19-12-14-37-25(15-19)38-21-9-6-13-36-17-21)29(44)41(30)22-10-11-24(45-31(32,33)34)23(16-22)39-27(42)26(35)20-7-4-3-5-8-20/h3-17,26H,18,35H2,1-2H3,(H,37,38)(H,39,42)/t26-/m1/s1. The molecule has 45 heavy (non-hydrogen) atoms. The summed E-state index contributed by atoms with van der Waals surface area (Å²) in [5.74, 6) is -1.62. The highest BCUT2D eigenvalue weighted by Gasteiger charge is 2.52. The molecule has 4 amide bonds. The predicted octanol–water partition coefficient (Wildman–Crippen LogP) is 5.50. The molecule has 5 rings (SSSR count). The van der Waals surface area contributed by atoms with Crippen molar-refractivity contribution >= 4 is 40.7 Å². The molecule has 2 aromatic carbocycles. The lowest BCUT2D eigenvalue weighted by atomic mass is 10.0. The van der Waals surface area contributed by atoms with Crippen LogP contribution in [0.3, 0.4) is 0 Å². The van der Waals surface area contributed by atoms with Crippen molar-refractivity contribution in [2.24, 2.45) is 5.73 Å². The van der Waals surface area contributed by atoms with Gasteiger partial charge in [-0.15, -0.1) is 13.2 Å². The molecule has 11 nitrogen and oxygen atoms in total. The molecule has 1 fully saturated rings. The summed E-state index contributed by atoms with van der Waals surface area (Å²) in [5.41, 5.74) is 5.98. The van der Waals surface area contributed by atoms with Crippen LogP contribution in [-0.2, 0) is 16.1 Å². The van der Waals surface area contributed by atoms with E-state index in [-0.39, 0.29) is 12.2 Å². The molecular weight excluding hydrogens is 591 g/mol. The van der Waals surface area contributed by atoms with Crippen molar-refractivity contribution < 1.29 is 32.3 Å². The zero-order valence-electron chi connectivity index (χ0n) is 24.1. The fraction of sp³-hybridized carbons (Fsp3) is 0.194. The van der Waals surface area contributed by atoms with Gasteiger partial charge in [-0.3, -0.25) is 24.4 Å². The lowest BCUT2D eigenvalue weighted by Crippen LogP contribution is -2.44. The average Bonchev–Trinajstić information content (AvgIpc) is 3.17. The van der Waals surface area contributed by atoms with E-state index in [1.165, 1.54) is 26.1 Å². The summed E-state index contributed by atoms with van der Waals surface area (Å²) in [4.78, 5) is 50.7. The molecule has 1 aliphatic rings. The van der Waals surface area contributed by atoms with Crippen LogP contribution in [-0.4, -0.2) is 44.6 Å². The van der Waals surface area contributed by atoms with Crippen molar-refractivity contribution in [1.29, 1.82) is 0 Å². The number of pyridine rings is 2. The van der Waals surface area contributed by atoms with Crippen LogP contribution in [0, 0.1) is 0 Å². The van der Waals surface area contributed by atoms with E-state index < -0.39 is 47.2 Å². The molecule has 4 aromatic rings. The molecule has 14 heteroatoms. The van der Waals surface area contributed by atoms with Gasteiger partial charge in [0.2, 0.25) is 5.91 Å². The van der Waals surface area contributed by atoms with E-state index >= 15 is 0 Å². The quantitative estimate of drug-likeness (QED) is 0.208. The van der Waals surface area contributed by atoms with E-state index in [9.17, 15) is 27.6 Å². The van der Waals surface area contributed by atoms with E-state index in [4.69, 9.17) is 5.73 Å². The van der Waals surface area contributed by atoms with Crippen molar-refractivity contribution in [3.05, 3.63) is 103 Å². The molecule has 0 unspecified atom stereocenters. The minimum Gasteiger partial charge on any atom is -0.404 e. The Kier molecular flexibility index (Phi) is 8.42. The molecule has 0 saturated carbocycles. The van der Waals surface area contributed by atoms with E-state index in [0.717, 1.165) is 21.9 Å². The molecule has 0 spiro atoms. The number of carbonyl (C=O) groups is 3. The third-order valence-corrected chi connectivity index (χ3v) is 6.99. The highest BCUT2D eigenvalue weighted by Crippen LogP contribution is 2.39. The summed E-state index contributed by atoms with van der Waals surface area (Å²) >= 11 is 0. The maximum absolute atomic E-state index is 13.7. The second-order valence-corrected chi connectivity index (χ2v) is 10.6. The zero-order valence-corrected chi connectivity index (χ0v) is 24.1. The summed E-state index contributed by atoms with van der Waals surface area (Å²) in [6, 6.07) is 16.5. The lowest BCUT2D eigenvalue weighted by Gasteiger charge is -2.28. The third kappa shape index (κ3) is 6.86. The van der Waals surface area contributed by atoms with Gasteiger partial charge in [0.25, 0.3) is 5.91 Å². The second-order valence-electron chi connectivity index (χ2n) is 10.6. The minimum atomic E-state index is -5.08. The number of benzene rings is 2. The first kappa shape index (κ1) is 30.9. The van der Waals surface area contributed by atoms with E-state index in [1.807, 2.05) is 0 Å². The Morgan fingerprint density at radius 3 is 2.47 bits per heavy atom. The van der Waals surface area contributed by atoms with Crippen LogP contribution in [0.25, 0.3) is 0 Å². The van der Waals surface area contributed by atoms with Crippen LogP contribution in [0.2, 0.25) is 0 Å². The fourth-order valence-electron chi connectivity index (χ4n) is 4.84. The Bertz CT molecular complexity index is 1720. The third-order valence-electron chi connectivity index (χ3n) is 6.99. The van der Waals surface area contributed by atoms with Gasteiger partial charge in [0.05, 0.1) is 24.1 Å². The van der Waals surface area contributed by atoms with E-state index in [2.05, 4.69) is 25.3 Å². The Balaban J connectivity index is 1.42. The van der Waals surface area contributed by atoms with E-state index in [1.54, 1.807) is 67.0 Å².